The van der Waals surface area contributed by atoms with Crippen molar-refractivity contribution in [1.29, 1.82) is 0 Å². The van der Waals surface area contributed by atoms with Crippen LogP contribution in [0.25, 0.3) is 0 Å². The molecule has 118 valence electrons. The molecule has 1 atom stereocenters. The molecule has 0 amide bonds. The Bertz CT molecular complexity index is 596. The van der Waals surface area contributed by atoms with Gasteiger partial charge in [-0.05, 0) is 31.7 Å². The number of esters is 1. The summed E-state index contributed by atoms with van der Waals surface area (Å²) in [5.74, 6) is -0.336. The summed E-state index contributed by atoms with van der Waals surface area (Å²) in [5, 5.41) is 3.08. The van der Waals surface area contributed by atoms with Crippen molar-refractivity contribution in [3.05, 3.63) is 29.8 Å². The van der Waals surface area contributed by atoms with Crippen molar-refractivity contribution in [2.45, 2.75) is 23.8 Å². The molecule has 1 N–H and O–H groups in total. The van der Waals surface area contributed by atoms with Crippen molar-refractivity contribution < 1.29 is 17.9 Å². The van der Waals surface area contributed by atoms with Gasteiger partial charge in [-0.2, -0.15) is 0 Å². The molecular formula is C14H22N2O4S. The van der Waals surface area contributed by atoms with Crippen LogP contribution in [0.2, 0.25) is 0 Å². The molecule has 0 spiro atoms. The van der Waals surface area contributed by atoms with E-state index in [1.54, 1.807) is 19.2 Å². The van der Waals surface area contributed by atoms with E-state index in [9.17, 15) is 13.2 Å². The fourth-order valence-electron chi connectivity index (χ4n) is 1.90. The van der Waals surface area contributed by atoms with E-state index in [1.807, 2.05) is 6.92 Å². The molecule has 1 rings (SSSR count). The van der Waals surface area contributed by atoms with Gasteiger partial charge in [0.1, 0.15) is 0 Å². The first-order valence-electron chi connectivity index (χ1n) is 6.46. The second-order valence-corrected chi connectivity index (χ2v) is 7.30. The summed E-state index contributed by atoms with van der Waals surface area (Å²) in [4.78, 5) is 11.7. The number of methoxy groups -OCH3 is 1. The van der Waals surface area contributed by atoms with Gasteiger partial charge in [-0.15, -0.1) is 0 Å². The van der Waals surface area contributed by atoms with Crippen molar-refractivity contribution >= 4 is 16.0 Å². The minimum atomic E-state index is -3.45. The van der Waals surface area contributed by atoms with Gasteiger partial charge in [0, 0.05) is 14.1 Å². The number of rotatable bonds is 6. The van der Waals surface area contributed by atoms with E-state index >= 15 is 0 Å². The van der Waals surface area contributed by atoms with Crippen LogP contribution in [0.4, 0.5) is 0 Å². The fraction of sp³-hybridized carbons (Fsp3) is 0.500. The number of hydrogen-bond donors (Lipinski definition) is 1. The predicted molar refractivity (Wildman–Crippen MR) is 80.4 cm³/mol. The highest BCUT2D eigenvalue weighted by Crippen LogP contribution is 2.26. The van der Waals surface area contributed by atoms with Gasteiger partial charge >= 0.3 is 5.97 Å². The van der Waals surface area contributed by atoms with Gasteiger partial charge in [0.2, 0.25) is 10.0 Å². The smallest absolute Gasteiger partial charge is 0.307 e. The molecule has 21 heavy (non-hydrogen) atoms. The van der Waals surface area contributed by atoms with E-state index in [2.05, 4.69) is 5.32 Å². The van der Waals surface area contributed by atoms with Crippen molar-refractivity contribution in [2.75, 3.05) is 28.3 Å². The molecule has 1 aromatic rings. The second kappa shape index (κ2) is 6.55. The Hall–Kier alpha value is -1.44. The second-order valence-electron chi connectivity index (χ2n) is 5.15. The maximum Gasteiger partial charge on any atom is 0.307 e. The molecular weight excluding hydrogens is 292 g/mol. The van der Waals surface area contributed by atoms with Crippen molar-refractivity contribution in [3.63, 3.8) is 0 Å². The average Bonchev–Trinajstić information content (AvgIpc) is 2.46. The Labute approximate surface area is 126 Å². The third kappa shape index (κ3) is 3.81. The van der Waals surface area contributed by atoms with Crippen LogP contribution in [0.1, 0.15) is 18.9 Å². The third-order valence-electron chi connectivity index (χ3n) is 3.55. The van der Waals surface area contributed by atoms with Gasteiger partial charge < -0.3 is 10.1 Å². The molecule has 0 saturated heterocycles. The average molecular weight is 314 g/mol. The Morgan fingerprint density at radius 2 is 1.81 bits per heavy atom. The number of sulfonamides is 1. The Morgan fingerprint density at radius 3 is 2.19 bits per heavy atom. The number of carbonyl (C=O) groups is 1. The number of benzene rings is 1. The van der Waals surface area contributed by atoms with Gasteiger partial charge in [-0.1, -0.05) is 12.1 Å². The SMILES string of the molecule is CNC(C)(CC(=O)OC)c1ccc(S(=O)(=O)N(C)C)cc1. The molecule has 0 heterocycles. The fourth-order valence-corrected chi connectivity index (χ4v) is 2.80. The quantitative estimate of drug-likeness (QED) is 0.791. The van der Waals surface area contributed by atoms with Crippen LogP contribution in [-0.2, 0) is 25.1 Å². The van der Waals surface area contributed by atoms with E-state index in [-0.39, 0.29) is 17.3 Å². The normalized spacial score (nSPS) is 14.8. The zero-order valence-electron chi connectivity index (χ0n) is 13.0. The first kappa shape index (κ1) is 17.6. The number of nitrogens with zero attached hydrogens (tertiary/aromatic N) is 1. The summed E-state index contributed by atoms with van der Waals surface area (Å²) in [5.41, 5.74) is 0.196. The number of nitrogens with one attached hydrogen (secondary N) is 1. The number of ether oxygens (including phenoxy) is 1. The number of hydrogen-bond acceptors (Lipinski definition) is 5. The largest absolute Gasteiger partial charge is 0.469 e. The summed E-state index contributed by atoms with van der Waals surface area (Å²) in [6, 6.07) is 6.49. The third-order valence-corrected chi connectivity index (χ3v) is 5.38. The topological polar surface area (TPSA) is 75.7 Å². The van der Waals surface area contributed by atoms with Crippen molar-refractivity contribution in [2.24, 2.45) is 0 Å². The first-order chi connectivity index (χ1) is 9.67. The maximum absolute atomic E-state index is 12.0. The molecule has 1 aromatic carbocycles. The minimum Gasteiger partial charge on any atom is -0.469 e. The maximum atomic E-state index is 12.0. The Kier molecular flexibility index (Phi) is 5.49. The number of carbonyl (C=O) groups excluding carboxylic acids is 1. The van der Waals surface area contributed by atoms with Crippen LogP contribution in [0.5, 0.6) is 0 Å². The van der Waals surface area contributed by atoms with E-state index in [4.69, 9.17) is 4.74 Å². The lowest BCUT2D eigenvalue weighted by Gasteiger charge is -2.29. The van der Waals surface area contributed by atoms with Crippen LogP contribution in [-0.4, -0.2) is 46.9 Å². The van der Waals surface area contributed by atoms with Gasteiger partial charge in [-0.25, -0.2) is 12.7 Å². The molecule has 0 aliphatic carbocycles. The highest BCUT2D eigenvalue weighted by molar-refractivity contribution is 7.89. The monoisotopic (exact) mass is 314 g/mol. The Morgan fingerprint density at radius 1 is 1.29 bits per heavy atom. The van der Waals surface area contributed by atoms with Gasteiger partial charge in [0.05, 0.1) is 24.0 Å². The summed E-state index contributed by atoms with van der Waals surface area (Å²) in [6.07, 6.45) is 0.153. The lowest BCUT2D eigenvalue weighted by atomic mass is 9.89. The molecule has 0 aliphatic rings. The molecule has 0 fully saturated rings. The van der Waals surface area contributed by atoms with Crippen LogP contribution in [0.15, 0.2) is 29.2 Å². The van der Waals surface area contributed by atoms with Crippen LogP contribution < -0.4 is 5.32 Å². The summed E-state index contributed by atoms with van der Waals surface area (Å²) in [7, 11) is 2.60. The van der Waals surface area contributed by atoms with Crippen LogP contribution >= 0.6 is 0 Å². The lowest BCUT2D eigenvalue weighted by molar-refractivity contribution is -0.142. The minimum absolute atomic E-state index is 0.153. The highest BCUT2D eigenvalue weighted by atomic mass is 32.2. The van der Waals surface area contributed by atoms with Crippen LogP contribution in [0, 0.1) is 0 Å². The molecule has 7 heteroatoms. The van der Waals surface area contributed by atoms with E-state index < -0.39 is 15.6 Å². The molecule has 0 bridgehead atoms. The summed E-state index contributed by atoms with van der Waals surface area (Å²) >= 11 is 0. The summed E-state index contributed by atoms with van der Waals surface area (Å²) < 4.78 is 29.9. The lowest BCUT2D eigenvalue weighted by Crippen LogP contribution is -2.39. The van der Waals surface area contributed by atoms with E-state index in [1.165, 1.54) is 33.3 Å². The highest BCUT2D eigenvalue weighted by Gasteiger charge is 2.29. The Balaban J connectivity index is 3.13. The van der Waals surface area contributed by atoms with Gasteiger partial charge in [-0.3, -0.25) is 4.79 Å². The standard InChI is InChI=1S/C14H22N2O4S/c1-14(15-2,10-13(17)20-5)11-6-8-12(9-7-11)21(18,19)16(3)4/h6-9,15H,10H2,1-5H3. The zero-order valence-corrected chi connectivity index (χ0v) is 13.8. The zero-order chi connectivity index (χ0) is 16.3. The van der Waals surface area contributed by atoms with Crippen molar-refractivity contribution in [3.8, 4) is 0 Å². The molecule has 0 radical (unpaired) electrons. The molecule has 0 aromatic heterocycles. The molecule has 0 saturated carbocycles. The molecule has 0 aliphatic heterocycles. The van der Waals surface area contributed by atoms with Gasteiger partial charge in [0.25, 0.3) is 0 Å². The summed E-state index contributed by atoms with van der Waals surface area (Å²) in [6.45, 7) is 1.86. The predicted octanol–water partition coefficient (Wildman–Crippen LogP) is 0.935. The van der Waals surface area contributed by atoms with E-state index in [0.717, 1.165) is 9.87 Å². The van der Waals surface area contributed by atoms with E-state index in [0.29, 0.717) is 0 Å². The molecule has 1 unspecified atom stereocenters. The first-order valence-corrected chi connectivity index (χ1v) is 7.90. The van der Waals surface area contributed by atoms with Crippen LogP contribution in [0.3, 0.4) is 0 Å². The van der Waals surface area contributed by atoms with Crippen molar-refractivity contribution in [1.82, 2.24) is 9.62 Å². The molecule has 6 nitrogen and oxygen atoms in total. The van der Waals surface area contributed by atoms with Gasteiger partial charge in [0.15, 0.2) is 0 Å².